The number of aromatic nitrogens is 1. The number of H-pyrrole nitrogens is 1. The average molecular weight is 792 g/mol. The number of rotatable bonds is 8. The van der Waals surface area contributed by atoms with Crippen molar-refractivity contribution in [2.75, 3.05) is 58.9 Å². The van der Waals surface area contributed by atoms with E-state index in [2.05, 4.69) is 70.4 Å². The van der Waals surface area contributed by atoms with E-state index in [9.17, 15) is 14.7 Å². The Hall–Kier alpha value is -4.65. The molecule has 5 aliphatic heterocycles. The van der Waals surface area contributed by atoms with Crippen molar-refractivity contribution in [3.05, 3.63) is 82.6 Å². The van der Waals surface area contributed by atoms with E-state index in [1.807, 2.05) is 37.1 Å². The fourth-order valence-corrected chi connectivity index (χ4v) is 13.0. The summed E-state index contributed by atoms with van der Waals surface area (Å²) in [4.78, 5) is 53.7. The van der Waals surface area contributed by atoms with Gasteiger partial charge in [-0.3, -0.25) is 24.2 Å². The molecular formula is C46H57N5O7. The molecule has 0 radical (unpaired) electrons. The number of esters is 2. The highest BCUT2D eigenvalue weighted by Gasteiger charge is 2.80. The molecule has 1 spiro atoms. The van der Waals surface area contributed by atoms with Crippen LogP contribution in [-0.2, 0) is 41.2 Å². The van der Waals surface area contributed by atoms with E-state index in [-0.39, 0.29) is 24.5 Å². The highest BCUT2D eigenvalue weighted by atomic mass is 16.6. The zero-order valence-electron chi connectivity index (χ0n) is 34.8. The van der Waals surface area contributed by atoms with Crippen molar-refractivity contribution in [1.29, 1.82) is 0 Å². The highest BCUT2D eigenvalue weighted by Crippen LogP contribution is 2.68. The van der Waals surface area contributed by atoms with Crippen molar-refractivity contribution in [2.24, 2.45) is 11.3 Å². The predicted molar refractivity (Wildman–Crippen MR) is 221 cm³/mol. The van der Waals surface area contributed by atoms with Gasteiger partial charge in [-0.25, -0.2) is 0 Å². The average Bonchev–Trinajstić information content (AvgIpc) is 3.87. The lowest BCUT2D eigenvalue weighted by molar-refractivity contribution is -0.217. The minimum absolute atomic E-state index is 0.0362. The van der Waals surface area contributed by atoms with Crippen LogP contribution in [0.2, 0.25) is 0 Å². The number of fused-ring (bicyclic) bond motifs is 6. The summed E-state index contributed by atoms with van der Waals surface area (Å²) >= 11 is 0. The largest absolute Gasteiger partial charge is 0.496 e. The van der Waals surface area contributed by atoms with Gasteiger partial charge < -0.3 is 34.5 Å². The van der Waals surface area contributed by atoms with Crippen molar-refractivity contribution in [3.8, 4) is 5.75 Å². The number of carbonyl (C=O) groups is 3. The third kappa shape index (κ3) is 4.94. The van der Waals surface area contributed by atoms with Gasteiger partial charge in [-0.1, -0.05) is 55.8 Å². The van der Waals surface area contributed by atoms with Gasteiger partial charge >= 0.3 is 11.9 Å². The summed E-state index contributed by atoms with van der Waals surface area (Å²) in [5, 5.41) is 17.5. The zero-order valence-corrected chi connectivity index (χ0v) is 34.8. The number of anilines is 1. The minimum atomic E-state index is -2.16. The number of carbonyl (C=O) groups excluding carboxylic acids is 3. The Morgan fingerprint density at radius 2 is 1.84 bits per heavy atom. The van der Waals surface area contributed by atoms with E-state index in [0.29, 0.717) is 50.2 Å². The SMILES string of the molecule is CCNC(=O)[C@@]1(O)[C@@H]2N(C)c3cc(OC)c([C@@]4(C(=O)OC)C[C@@H]5C=C(CC)CN(Cc6c4[nH]c4ccccc64)C5)cc3C23CCN2CC=C[C@](CC)([C@H]23)[C@H]1OC(C)=O. The number of aromatic amines is 1. The lowest BCUT2D eigenvalue weighted by atomic mass is 9.47. The molecule has 1 saturated heterocycles. The molecule has 2 bridgehead atoms. The summed E-state index contributed by atoms with van der Waals surface area (Å²) < 4.78 is 18.6. The number of amides is 1. The number of hydrogen-bond donors (Lipinski definition) is 3. The van der Waals surface area contributed by atoms with E-state index < -0.39 is 45.9 Å². The predicted octanol–water partition coefficient (Wildman–Crippen LogP) is 4.72. The number of benzene rings is 2. The van der Waals surface area contributed by atoms with Crippen LogP contribution in [0.5, 0.6) is 5.75 Å². The molecule has 308 valence electrons. The van der Waals surface area contributed by atoms with Gasteiger partial charge in [-0.2, -0.15) is 0 Å². The van der Waals surface area contributed by atoms with Crippen molar-refractivity contribution in [1.82, 2.24) is 20.1 Å². The lowest BCUT2D eigenvalue weighted by Crippen LogP contribution is -2.82. The second-order valence-corrected chi connectivity index (χ2v) is 17.5. The smallest absolute Gasteiger partial charge is 0.322 e. The Bertz CT molecular complexity index is 2270. The number of hydrogen-bond acceptors (Lipinski definition) is 10. The van der Waals surface area contributed by atoms with E-state index in [1.165, 1.54) is 19.6 Å². The van der Waals surface area contributed by atoms with Crippen LogP contribution in [0.3, 0.4) is 0 Å². The van der Waals surface area contributed by atoms with Gasteiger partial charge in [0.15, 0.2) is 6.10 Å². The second-order valence-electron chi connectivity index (χ2n) is 17.5. The number of nitrogens with zero attached hydrogens (tertiary/aromatic N) is 3. The van der Waals surface area contributed by atoms with Crippen LogP contribution in [0.15, 0.2) is 60.2 Å². The molecule has 9 rings (SSSR count). The third-order valence-corrected chi connectivity index (χ3v) is 14.9. The Kier molecular flexibility index (Phi) is 9.18. The maximum Gasteiger partial charge on any atom is 0.322 e. The van der Waals surface area contributed by atoms with Gasteiger partial charge in [0.05, 0.1) is 20.3 Å². The molecule has 3 aromatic rings. The number of methoxy groups -OCH3 is 2. The van der Waals surface area contributed by atoms with Gasteiger partial charge in [-0.05, 0) is 68.3 Å². The maximum atomic E-state index is 15.2. The first kappa shape index (κ1) is 38.8. The third-order valence-electron chi connectivity index (χ3n) is 14.9. The molecule has 6 heterocycles. The van der Waals surface area contributed by atoms with E-state index >= 15 is 4.79 Å². The van der Waals surface area contributed by atoms with Gasteiger partial charge in [0.1, 0.15) is 11.2 Å². The van der Waals surface area contributed by atoms with Gasteiger partial charge in [-0.15, -0.1) is 0 Å². The summed E-state index contributed by atoms with van der Waals surface area (Å²) in [5.41, 5.74) is 1.37. The molecule has 12 nitrogen and oxygen atoms in total. The second kappa shape index (κ2) is 13.7. The van der Waals surface area contributed by atoms with Crippen molar-refractivity contribution < 1.29 is 33.7 Å². The Morgan fingerprint density at radius 3 is 2.55 bits per heavy atom. The molecule has 2 unspecified atom stereocenters. The number of para-hydroxylation sites is 1. The van der Waals surface area contributed by atoms with E-state index in [4.69, 9.17) is 14.2 Å². The molecule has 1 saturated carbocycles. The van der Waals surface area contributed by atoms with Gasteiger partial charge in [0, 0.05) is 97.5 Å². The van der Waals surface area contributed by atoms with Crippen molar-refractivity contribution in [2.45, 2.75) is 94.5 Å². The van der Waals surface area contributed by atoms with Crippen LogP contribution in [0, 0.1) is 11.3 Å². The summed E-state index contributed by atoms with van der Waals surface area (Å²) in [6.45, 7) is 11.4. The first-order valence-electron chi connectivity index (χ1n) is 21.0. The molecule has 1 aliphatic carbocycles. The van der Waals surface area contributed by atoms with Crippen LogP contribution in [0.1, 0.15) is 75.8 Å². The molecule has 1 aromatic heterocycles. The molecule has 1 amide bonds. The van der Waals surface area contributed by atoms with Crippen molar-refractivity contribution in [3.63, 3.8) is 0 Å². The fourth-order valence-electron chi connectivity index (χ4n) is 13.0. The number of nitrogens with one attached hydrogen (secondary N) is 2. The highest BCUT2D eigenvalue weighted by molar-refractivity contribution is 5.95. The molecule has 2 aromatic carbocycles. The Balaban J connectivity index is 1.37. The summed E-state index contributed by atoms with van der Waals surface area (Å²) in [6, 6.07) is 11.3. The zero-order chi connectivity index (χ0) is 40.9. The monoisotopic (exact) mass is 791 g/mol. The van der Waals surface area contributed by atoms with Crippen LogP contribution >= 0.6 is 0 Å². The number of likely N-dealkylation sites (N-methyl/N-ethyl adjacent to an activating group) is 2. The molecular weight excluding hydrogens is 735 g/mol. The normalized spacial score (nSPS) is 34.5. The Labute approximate surface area is 340 Å². The van der Waals surface area contributed by atoms with Crippen LogP contribution in [0.4, 0.5) is 5.69 Å². The minimum Gasteiger partial charge on any atom is -0.496 e. The fraction of sp³-hybridized carbons (Fsp3) is 0.543. The maximum absolute atomic E-state index is 15.2. The molecule has 6 aliphatic rings. The summed E-state index contributed by atoms with van der Waals surface area (Å²) in [5.74, 6) is -0.955. The lowest BCUT2D eigenvalue weighted by Gasteiger charge is -2.63. The number of aliphatic hydroxyl groups is 1. The van der Waals surface area contributed by atoms with Crippen LogP contribution in [-0.4, -0.2) is 116 Å². The topological polar surface area (TPSA) is 137 Å². The summed E-state index contributed by atoms with van der Waals surface area (Å²) in [6.07, 6.45) is 7.89. The molecule has 3 N–H and O–H groups in total. The standard InChI is InChI=1S/C46H57N5O7/c1-8-28-20-29-23-45(42(54)57-7,37-31(26-50(24-28)25-29)30-14-11-12-15-34(30)48-37)33-21-32-35(22-36(33)56-6)49(5)39-44(32)17-19-51-18-13-16-43(9-2,38(44)51)40(58-27(4)52)46(39,55)41(53)47-10-3/h11-16,20-22,29,38-40,48,55H,8-10,17-19,23-26H2,1-7H3,(H,47,53)/t29-,38-,39+,40+,43+,44?,45-,46+/m0/s1. The van der Waals surface area contributed by atoms with Crippen LogP contribution < -0.4 is 15.0 Å². The Morgan fingerprint density at radius 1 is 1.05 bits per heavy atom. The molecule has 58 heavy (non-hydrogen) atoms. The van der Waals surface area contributed by atoms with Gasteiger partial charge in [0.2, 0.25) is 5.60 Å². The number of ether oxygens (including phenoxy) is 3. The van der Waals surface area contributed by atoms with E-state index in [1.54, 1.807) is 7.11 Å². The summed E-state index contributed by atoms with van der Waals surface area (Å²) in [7, 11) is 5.02. The first-order chi connectivity index (χ1) is 27.9. The molecule has 2 fully saturated rings. The molecule has 12 heteroatoms. The quantitative estimate of drug-likeness (QED) is 0.217. The van der Waals surface area contributed by atoms with Crippen molar-refractivity contribution >= 4 is 34.4 Å². The first-order valence-corrected chi connectivity index (χ1v) is 21.0. The van der Waals surface area contributed by atoms with E-state index in [0.717, 1.165) is 52.9 Å². The van der Waals surface area contributed by atoms with Crippen LogP contribution in [0.25, 0.3) is 10.9 Å². The van der Waals surface area contributed by atoms with Gasteiger partial charge in [0.25, 0.3) is 5.91 Å². The molecule has 9 atom stereocenters.